The molecule has 0 fully saturated rings. The van der Waals surface area contributed by atoms with E-state index in [-0.39, 0.29) is 0 Å². The molecule has 0 radical (unpaired) electrons. The molecule has 0 aliphatic heterocycles. The summed E-state index contributed by atoms with van der Waals surface area (Å²) >= 11 is 0. The molecule has 0 spiro atoms. The topological polar surface area (TPSA) is 46.8 Å². The lowest BCUT2D eigenvalue weighted by Gasteiger charge is -2.18. The van der Waals surface area contributed by atoms with Crippen LogP contribution in [0.15, 0.2) is 161 Å². The van der Waals surface area contributed by atoms with Crippen molar-refractivity contribution in [1.82, 2.24) is 9.13 Å². The third-order valence-corrected chi connectivity index (χ3v) is 9.42. The van der Waals surface area contributed by atoms with E-state index in [4.69, 9.17) is 18.9 Å². The van der Waals surface area contributed by atoms with Gasteiger partial charge in [0.25, 0.3) is 0 Å². The van der Waals surface area contributed by atoms with Gasteiger partial charge in [-0.05, 0) is 71.8 Å². The van der Waals surface area contributed by atoms with Crippen LogP contribution in [0.4, 0.5) is 0 Å². The number of benzene rings is 5. The number of hydrogen-bond donors (Lipinski definition) is 0. The van der Waals surface area contributed by atoms with Crippen LogP contribution in [0.1, 0.15) is 0 Å². The average molecular weight is 713 g/mol. The van der Waals surface area contributed by atoms with Gasteiger partial charge in [-0.1, -0.05) is 87.0 Å². The number of rotatable bonds is 18. The van der Waals surface area contributed by atoms with E-state index in [1.165, 1.54) is 0 Å². The third kappa shape index (κ3) is 6.47. The fourth-order valence-corrected chi connectivity index (χ4v) is 7.37. The molecule has 2 heterocycles. The third-order valence-electron chi connectivity index (χ3n) is 9.42. The van der Waals surface area contributed by atoms with Crippen LogP contribution in [0.2, 0.25) is 0 Å². The van der Waals surface area contributed by atoms with Crippen LogP contribution >= 0.6 is 0 Å². The van der Waals surface area contributed by atoms with Crippen molar-refractivity contribution in [1.29, 1.82) is 0 Å². The van der Waals surface area contributed by atoms with Crippen LogP contribution in [-0.2, 0) is 13.1 Å². The van der Waals surface area contributed by atoms with Gasteiger partial charge in [0.1, 0.15) is 49.4 Å². The van der Waals surface area contributed by atoms with Gasteiger partial charge in [-0.2, -0.15) is 0 Å². The van der Waals surface area contributed by atoms with Gasteiger partial charge >= 0.3 is 0 Å². The zero-order valence-corrected chi connectivity index (χ0v) is 30.6. The molecule has 6 nitrogen and oxygen atoms in total. The molecule has 0 unspecified atom stereocenters. The van der Waals surface area contributed by atoms with Gasteiger partial charge in [0.05, 0.1) is 11.0 Å². The predicted octanol–water partition coefficient (Wildman–Crippen LogP) is 11.9. The molecule has 0 bridgehead atoms. The predicted molar refractivity (Wildman–Crippen MR) is 226 cm³/mol. The van der Waals surface area contributed by atoms with Crippen LogP contribution in [0, 0.1) is 0 Å². The van der Waals surface area contributed by atoms with E-state index in [1.807, 2.05) is 48.6 Å². The van der Waals surface area contributed by atoms with Gasteiger partial charge in [0.2, 0.25) is 0 Å². The van der Waals surface area contributed by atoms with Crippen molar-refractivity contribution in [2.45, 2.75) is 13.1 Å². The highest BCUT2D eigenvalue weighted by atomic mass is 16.5. The minimum Gasteiger partial charge on any atom is -0.490 e. The Bertz CT molecular complexity index is 2370. The normalized spacial score (nSPS) is 11.1. The minimum atomic E-state index is 0.398. The molecular weight excluding hydrogens is 669 g/mol. The van der Waals surface area contributed by atoms with Crippen LogP contribution < -0.4 is 18.9 Å². The molecule has 0 atom stereocenters. The lowest BCUT2D eigenvalue weighted by atomic mass is 9.89. The van der Waals surface area contributed by atoms with E-state index < -0.39 is 0 Å². The second-order valence-corrected chi connectivity index (χ2v) is 12.8. The summed E-state index contributed by atoms with van der Waals surface area (Å²) in [7, 11) is 0. The van der Waals surface area contributed by atoms with Crippen molar-refractivity contribution < 1.29 is 18.9 Å². The highest BCUT2D eigenvalue weighted by molar-refractivity contribution is 6.32. The largest absolute Gasteiger partial charge is 0.490 e. The maximum absolute atomic E-state index is 6.15. The van der Waals surface area contributed by atoms with E-state index >= 15 is 0 Å². The second kappa shape index (κ2) is 15.9. The van der Waals surface area contributed by atoms with Crippen molar-refractivity contribution in [3.8, 4) is 45.3 Å². The first-order valence-electron chi connectivity index (χ1n) is 18.0. The Morgan fingerprint density at radius 3 is 1.07 bits per heavy atom. The Labute approximate surface area is 316 Å². The van der Waals surface area contributed by atoms with Crippen molar-refractivity contribution in [3.05, 3.63) is 161 Å². The summed E-state index contributed by atoms with van der Waals surface area (Å²) in [5, 5.41) is 4.33. The number of aromatic nitrogens is 2. The standard InChI is InChI=1S/C48H44N2O4/c1-7-25-49-41-23-21-37(53-29-11-5)31-39(41)45-44(34-15-19-36(20-16-34)52-28-10-4)48-46(43(47(45)49)33-13-17-35(18-14-33)51-27-9-3)40-32-38(54-30-12-6)22-24-42(40)50(48)26-8-2/h7-24,31-32H,1-6,25-30H2. The van der Waals surface area contributed by atoms with Crippen molar-refractivity contribution in [2.75, 3.05) is 26.4 Å². The number of hydrogen-bond acceptors (Lipinski definition) is 4. The molecule has 0 saturated carbocycles. The maximum atomic E-state index is 6.15. The quantitative estimate of drug-likeness (QED) is 0.0831. The molecule has 6 heteroatoms. The molecule has 0 amide bonds. The molecule has 2 aromatic heterocycles. The monoisotopic (exact) mass is 712 g/mol. The van der Waals surface area contributed by atoms with Gasteiger partial charge in [0, 0.05) is 56.8 Å². The molecule has 270 valence electrons. The fourth-order valence-electron chi connectivity index (χ4n) is 7.37. The van der Waals surface area contributed by atoms with E-state index in [0.29, 0.717) is 39.5 Å². The van der Waals surface area contributed by atoms with Crippen LogP contribution in [0.25, 0.3) is 65.9 Å². The van der Waals surface area contributed by atoms with Gasteiger partial charge in [-0.3, -0.25) is 0 Å². The summed E-state index contributed by atoms with van der Waals surface area (Å²) in [5.41, 5.74) is 8.56. The Kier molecular flexibility index (Phi) is 10.5. The Morgan fingerprint density at radius 1 is 0.407 bits per heavy atom. The molecular formula is C48H44N2O4. The van der Waals surface area contributed by atoms with Crippen molar-refractivity contribution in [2.24, 2.45) is 0 Å². The van der Waals surface area contributed by atoms with Crippen LogP contribution in [-0.4, -0.2) is 35.6 Å². The zero-order valence-electron chi connectivity index (χ0n) is 30.6. The van der Waals surface area contributed by atoms with Gasteiger partial charge in [-0.15, -0.1) is 13.2 Å². The summed E-state index contributed by atoms with van der Waals surface area (Å²) in [6, 6.07) is 29.3. The smallest absolute Gasteiger partial charge is 0.120 e. The lowest BCUT2D eigenvalue weighted by Crippen LogP contribution is -2.00. The summed E-state index contributed by atoms with van der Waals surface area (Å²) in [6.45, 7) is 26.6. The summed E-state index contributed by atoms with van der Waals surface area (Å²) in [4.78, 5) is 0. The summed E-state index contributed by atoms with van der Waals surface area (Å²) in [6.07, 6.45) is 10.9. The number of ether oxygens (including phenoxy) is 4. The molecule has 0 saturated heterocycles. The van der Waals surface area contributed by atoms with Crippen LogP contribution in [0.5, 0.6) is 23.0 Å². The highest BCUT2D eigenvalue weighted by Gasteiger charge is 2.28. The number of nitrogens with zero attached hydrogens (tertiary/aromatic N) is 2. The number of fused-ring (bicyclic) bond motifs is 6. The van der Waals surface area contributed by atoms with E-state index in [2.05, 4.69) is 97.1 Å². The molecule has 0 N–H and O–H groups in total. The van der Waals surface area contributed by atoms with E-state index in [9.17, 15) is 0 Å². The second-order valence-electron chi connectivity index (χ2n) is 12.8. The zero-order chi connectivity index (χ0) is 37.6. The van der Waals surface area contributed by atoms with Gasteiger partial charge in [0.15, 0.2) is 0 Å². The Morgan fingerprint density at radius 2 is 0.741 bits per heavy atom. The lowest BCUT2D eigenvalue weighted by molar-refractivity contribution is 0.363. The number of allylic oxidation sites excluding steroid dienone is 2. The summed E-state index contributed by atoms with van der Waals surface area (Å²) < 4.78 is 28.9. The molecule has 7 rings (SSSR count). The first kappa shape index (κ1) is 35.7. The van der Waals surface area contributed by atoms with Gasteiger partial charge < -0.3 is 28.1 Å². The molecule has 0 aliphatic rings. The van der Waals surface area contributed by atoms with Gasteiger partial charge in [-0.25, -0.2) is 0 Å². The fraction of sp³-hybridized carbons (Fsp3) is 0.125. The van der Waals surface area contributed by atoms with Crippen LogP contribution in [0.3, 0.4) is 0 Å². The van der Waals surface area contributed by atoms with Crippen molar-refractivity contribution >= 4 is 43.6 Å². The summed E-state index contributed by atoms with van der Waals surface area (Å²) in [5.74, 6) is 3.07. The first-order chi connectivity index (χ1) is 26.6. The Balaban J connectivity index is 1.73. The van der Waals surface area contributed by atoms with Crippen molar-refractivity contribution in [3.63, 3.8) is 0 Å². The van der Waals surface area contributed by atoms with E-state index in [1.54, 1.807) is 24.3 Å². The Hall–Kier alpha value is -6.66. The minimum absolute atomic E-state index is 0.398. The first-order valence-corrected chi connectivity index (χ1v) is 18.0. The SMILES string of the molecule is C=CCOc1ccc(-c2c3c4cc(OCC=C)ccc4n(CC=C)c3c(-c3ccc(OCC=C)cc3)c3c4cc(OCC=C)ccc4n(CC=C)c23)cc1. The average Bonchev–Trinajstić information content (AvgIpc) is 3.69. The molecule has 5 aromatic carbocycles. The molecule has 0 aliphatic carbocycles. The maximum Gasteiger partial charge on any atom is 0.120 e. The molecule has 7 aromatic rings. The molecule has 54 heavy (non-hydrogen) atoms. The highest BCUT2D eigenvalue weighted by Crippen LogP contribution is 2.51. The van der Waals surface area contributed by atoms with E-state index in [0.717, 1.165) is 88.9 Å².